The lowest BCUT2D eigenvalue weighted by atomic mass is 10.1. The summed E-state index contributed by atoms with van der Waals surface area (Å²) >= 11 is 0. The Morgan fingerprint density at radius 2 is 1.44 bits per heavy atom. The third-order valence-electron chi connectivity index (χ3n) is 4.92. The Morgan fingerprint density at radius 3 is 1.88 bits per heavy atom. The summed E-state index contributed by atoms with van der Waals surface area (Å²) in [5.41, 5.74) is 1.06. The van der Waals surface area contributed by atoms with E-state index in [4.69, 9.17) is 18.9 Å². The number of methoxy groups -OCH3 is 4. The smallest absolute Gasteiger partial charge is 0.143 e. The molecule has 1 fully saturated rings. The summed E-state index contributed by atoms with van der Waals surface area (Å²) < 4.78 is 21.4. The van der Waals surface area contributed by atoms with Crippen LogP contribution < -0.4 is 0 Å². The van der Waals surface area contributed by atoms with Gasteiger partial charge in [-0.15, -0.1) is 0 Å². The van der Waals surface area contributed by atoms with Crippen LogP contribution in [0.15, 0.2) is 36.4 Å². The monoisotopic (exact) mass is 351 g/mol. The number of quaternary nitrogens is 1. The molecule has 0 bridgehead atoms. The van der Waals surface area contributed by atoms with E-state index in [0.29, 0.717) is 19.8 Å². The molecule has 1 aliphatic heterocycles. The van der Waals surface area contributed by atoms with Gasteiger partial charge in [0.05, 0.1) is 6.54 Å². The predicted molar refractivity (Wildman–Crippen MR) is 96.9 cm³/mol. The lowest BCUT2D eigenvalue weighted by molar-refractivity contribution is -0.914. The van der Waals surface area contributed by atoms with Gasteiger partial charge in [0.15, 0.2) is 0 Å². The second-order valence-corrected chi connectivity index (χ2v) is 6.30. The molecule has 0 spiro atoms. The Labute approximate surface area is 150 Å². The molecule has 0 N–H and O–H groups in total. The summed E-state index contributed by atoms with van der Waals surface area (Å²) in [5, 5.41) is 13.8. The van der Waals surface area contributed by atoms with Crippen molar-refractivity contribution in [3.8, 4) is 0 Å². The van der Waals surface area contributed by atoms with Crippen LogP contribution in [0.2, 0.25) is 0 Å². The molecule has 2 rings (SSSR count). The van der Waals surface area contributed by atoms with Crippen LogP contribution in [0.4, 0.5) is 0 Å². The van der Waals surface area contributed by atoms with Crippen LogP contribution in [0.5, 0.6) is 0 Å². The molecule has 6 heteroatoms. The van der Waals surface area contributed by atoms with Crippen molar-refractivity contribution < 1.29 is 23.6 Å². The maximum Gasteiger partial charge on any atom is 0.143 e. The predicted octanol–water partition coefficient (Wildman–Crippen LogP) is 2.09. The fourth-order valence-electron chi connectivity index (χ4n) is 3.74. The molecule has 0 saturated carbocycles. The highest BCUT2D eigenvalue weighted by atomic mass is 16.6. The fraction of sp³-hybridized carbons (Fsp3) is 0.579. The van der Waals surface area contributed by atoms with Gasteiger partial charge >= 0.3 is 0 Å². The van der Waals surface area contributed by atoms with Gasteiger partial charge in [-0.1, -0.05) is 36.4 Å². The third-order valence-corrected chi connectivity index (χ3v) is 4.92. The maximum atomic E-state index is 13.8. The fourth-order valence-corrected chi connectivity index (χ4v) is 3.74. The van der Waals surface area contributed by atoms with E-state index in [1.54, 1.807) is 28.4 Å². The molecule has 6 nitrogen and oxygen atoms in total. The Morgan fingerprint density at radius 1 is 0.920 bits per heavy atom. The molecule has 25 heavy (non-hydrogen) atoms. The molecule has 0 unspecified atom stereocenters. The van der Waals surface area contributed by atoms with E-state index in [9.17, 15) is 5.21 Å². The quantitative estimate of drug-likeness (QED) is 0.504. The number of likely N-dealkylation sites (tertiary alicyclic amines) is 1. The molecule has 0 amide bonds. The first kappa shape index (κ1) is 20.0. The van der Waals surface area contributed by atoms with Crippen molar-refractivity contribution in [1.82, 2.24) is 0 Å². The van der Waals surface area contributed by atoms with Crippen molar-refractivity contribution in [3.63, 3.8) is 0 Å². The van der Waals surface area contributed by atoms with Crippen LogP contribution in [-0.4, -0.2) is 77.1 Å². The lowest BCUT2D eigenvalue weighted by Crippen LogP contribution is -2.57. The first-order valence-electron chi connectivity index (χ1n) is 8.45. The zero-order valence-electron chi connectivity index (χ0n) is 15.5. The van der Waals surface area contributed by atoms with Gasteiger partial charge in [-0.25, -0.2) is 0 Å². The van der Waals surface area contributed by atoms with Gasteiger partial charge in [0.25, 0.3) is 0 Å². The molecule has 1 saturated heterocycles. The largest absolute Gasteiger partial charge is 0.632 e. The number of ether oxygens (including phenoxy) is 4. The van der Waals surface area contributed by atoms with Gasteiger partial charge in [-0.05, 0) is 11.6 Å². The molecule has 1 aromatic carbocycles. The average molecular weight is 351 g/mol. The number of hydrogen-bond donors (Lipinski definition) is 0. The summed E-state index contributed by atoms with van der Waals surface area (Å²) in [6.07, 6.45) is 3.20. The highest BCUT2D eigenvalue weighted by Gasteiger charge is 2.57. The molecule has 140 valence electrons. The van der Waals surface area contributed by atoms with Crippen LogP contribution in [0.1, 0.15) is 5.56 Å². The van der Waals surface area contributed by atoms with Crippen LogP contribution >= 0.6 is 0 Å². The van der Waals surface area contributed by atoms with Crippen molar-refractivity contribution >= 4 is 6.08 Å². The highest BCUT2D eigenvalue weighted by Crippen LogP contribution is 2.36. The van der Waals surface area contributed by atoms with Gasteiger partial charge in [0.2, 0.25) is 0 Å². The number of hydroxylamine groups is 3. The zero-order valence-corrected chi connectivity index (χ0v) is 15.5. The van der Waals surface area contributed by atoms with E-state index in [2.05, 4.69) is 0 Å². The second kappa shape index (κ2) is 9.43. The van der Waals surface area contributed by atoms with Gasteiger partial charge in [0.1, 0.15) is 37.5 Å². The normalized spacial score (nSPS) is 32.5. The minimum absolute atomic E-state index is 0.302. The molecule has 4 atom stereocenters. The van der Waals surface area contributed by atoms with E-state index < -0.39 is 4.65 Å². The molecule has 1 heterocycles. The van der Waals surface area contributed by atoms with Gasteiger partial charge in [-0.2, -0.15) is 0 Å². The third kappa shape index (κ3) is 4.28. The van der Waals surface area contributed by atoms with Gasteiger partial charge < -0.3 is 28.8 Å². The van der Waals surface area contributed by atoms with Crippen LogP contribution in [-0.2, 0) is 18.9 Å². The maximum absolute atomic E-state index is 13.8. The summed E-state index contributed by atoms with van der Waals surface area (Å²) in [7, 11) is 6.42. The highest BCUT2D eigenvalue weighted by molar-refractivity contribution is 5.48. The van der Waals surface area contributed by atoms with E-state index in [-0.39, 0.29) is 24.3 Å². The Bertz CT molecular complexity index is 516. The van der Waals surface area contributed by atoms with Crippen molar-refractivity contribution in [2.24, 2.45) is 0 Å². The molecule has 1 aromatic rings. The molecular weight excluding hydrogens is 322 g/mol. The van der Waals surface area contributed by atoms with Crippen molar-refractivity contribution in [3.05, 3.63) is 47.2 Å². The van der Waals surface area contributed by atoms with Crippen molar-refractivity contribution in [2.75, 3.05) is 48.2 Å². The van der Waals surface area contributed by atoms with E-state index in [1.807, 2.05) is 42.5 Å². The number of hydrogen-bond acceptors (Lipinski definition) is 5. The van der Waals surface area contributed by atoms with Gasteiger partial charge in [-0.3, -0.25) is 0 Å². The first-order chi connectivity index (χ1) is 12.1. The van der Waals surface area contributed by atoms with Crippen LogP contribution in [0, 0.1) is 5.21 Å². The van der Waals surface area contributed by atoms with Crippen molar-refractivity contribution in [2.45, 2.75) is 24.3 Å². The molecule has 0 aliphatic carbocycles. The van der Waals surface area contributed by atoms with Gasteiger partial charge in [0, 0.05) is 28.4 Å². The Balaban J connectivity index is 2.27. The average Bonchev–Trinajstić information content (AvgIpc) is 2.85. The molecule has 0 radical (unpaired) electrons. The molecular formula is C19H29NO5. The van der Waals surface area contributed by atoms with Crippen LogP contribution in [0.25, 0.3) is 6.08 Å². The first-order valence-corrected chi connectivity index (χ1v) is 8.45. The van der Waals surface area contributed by atoms with Crippen LogP contribution in [0.3, 0.4) is 0 Å². The summed E-state index contributed by atoms with van der Waals surface area (Å²) in [4.78, 5) is 0. The van der Waals surface area contributed by atoms with E-state index in [1.165, 1.54) is 0 Å². The minimum atomic E-state index is -0.484. The standard InChI is InChI=1S/C19H29NO5/c1-22-13-16-18(24-3)19(25-4)17(14-23-2)20(16,21)12-8-11-15-9-6-5-7-10-15/h5-11,16-19H,12-14H2,1-4H3/b11-8+/t16-,17-,18+,19+/m0/s1. The van der Waals surface area contributed by atoms with E-state index in [0.717, 1.165) is 5.56 Å². The van der Waals surface area contributed by atoms with Crippen molar-refractivity contribution in [1.29, 1.82) is 0 Å². The topological polar surface area (TPSA) is 60.0 Å². The molecule has 1 aliphatic rings. The minimum Gasteiger partial charge on any atom is -0.632 e. The lowest BCUT2D eigenvalue weighted by Gasteiger charge is -2.48. The zero-order chi connectivity index (χ0) is 18.3. The summed E-state index contributed by atoms with van der Waals surface area (Å²) in [6.45, 7) is 0.916. The number of nitrogens with zero attached hydrogens (tertiary/aromatic N) is 1. The number of rotatable bonds is 9. The second-order valence-electron chi connectivity index (χ2n) is 6.30. The summed E-state index contributed by atoms with van der Waals surface area (Å²) in [6, 6.07) is 9.17. The SMILES string of the molecule is COC[C@H]1[C@@H](OC)[C@H](OC)[C@H](COC)[N+]1([O-])C/C=C/c1ccccc1. The Kier molecular flexibility index (Phi) is 7.56. The Hall–Kier alpha value is -1.28. The summed E-state index contributed by atoms with van der Waals surface area (Å²) in [5.74, 6) is 0. The number of benzene rings is 1. The van der Waals surface area contributed by atoms with E-state index >= 15 is 0 Å². The molecule has 0 aromatic heterocycles.